The first-order valence-corrected chi connectivity index (χ1v) is 10.1. The number of carbonyl (C=O) groups is 1. The summed E-state index contributed by atoms with van der Waals surface area (Å²) < 4.78 is 0. The lowest BCUT2D eigenvalue weighted by Crippen LogP contribution is -2.46. The minimum Gasteiger partial charge on any atom is -0.399 e. The molecule has 0 aromatic heterocycles. The van der Waals surface area contributed by atoms with E-state index in [-0.39, 0.29) is 17.2 Å². The van der Waals surface area contributed by atoms with Crippen LogP contribution in [0.4, 0.5) is 5.69 Å². The molecule has 138 valence electrons. The fourth-order valence-corrected chi connectivity index (χ4v) is 4.08. The molecule has 0 radical (unpaired) electrons. The van der Waals surface area contributed by atoms with Crippen molar-refractivity contribution >= 4 is 23.4 Å². The standard InChI is InChI=1S/C21H27N3OS/c1-16(26-20-9-7-18(22)8-10-20)21(25)23-19-11-13-24(14-12-19)15-17-5-3-2-4-6-17/h2-10,16,19H,11-15,22H2,1H3,(H,23,25). The van der Waals surface area contributed by atoms with Crippen molar-refractivity contribution in [1.29, 1.82) is 0 Å². The number of rotatable bonds is 6. The van der Waals surface area contributed by atoms with Crippen molar-refractivity contribution in [1.82, 2.24) is 10.2 Å². The number of hydrogen-bond donors (Lipinski definition) is 2. The van der Waals surface area contributed by atoms with E-state index in [9.17, 15) is 4.79 Å². The predicted molar refractivity (Wildman–Crippen MR) is 109 cm³/mol. The number of nitrogen functional groups attached to an aromatic ring is 1. The molecule has 1 heterocycles. The SMILES string of the molecule is CC(Sc1ccc(N)cc1)C(=O)NC1CCN(Cc2ccccc2)CC1. The highest BCUT2D eigenvalue weighted by atomic mass is 32.2. The Morgan fingerprint density at radius 1 is 1.15 bits per heavy atom. The summed E-state index contributed by atoms with van der Waals surface area (Å²) in [4.78, 5) is 16.0. The topological polar surface area (TPSA) is 58.4 Å². The van der Waals surface area contributed by atoms with E-state index in [0.717, 1.165) is 43.1 Å². The molecule has 0 spiro atoms. The lowest BCUT2D eigenvalue weighted by atomic mass is 10.0. The van der Waals surface area contributed by atoms with Crippen LogP contribution in [0.1, 0.15) is 25.3 Å². The molecule has 0 bridgehead atoms. The van der Waals surface area contributed by atoms with Gasteiger partial charge in [0, 0.05) is 36.3 Å². The van der Waals surface area contributed by atoms with Gasteiger partial charge in [-0.2, -0.15) is 0 Å². The molecule has 4 nitrogen and oxygen atoms in total. The number of thioether (sulfide) groups is 1. The van der Waals surface area contributed by atoms with Crippen molar-refractivity contribution in [3.05, 3.63) is 60.2 Å². The van der Waals surface area contributed by atoms with Crippen LogP contribution in [0.15, 0.2) is 59.5 Å². The van der Waals surface area contributed by atoms with Crippen LogP contribution >= 0.6 is 11.8 Å². The highest BCUT2D eigenvalue weighted by Crippen LogP contribution is 2.24. The van der Waals surface area contributed by atoms with Gasteiger partial charge in [0.15, 0.2) is 0 Å². The van der Waals surface area contributed by atoms with Crippen LogP contribution in [0, 0.1) is 0 Å². The monoisotopic (exact) mass is 369 g/mol. The van der Waals surface area contributed by atoms with Gasteiger partial charge in [-0.1, -0.05) is 30.3 Å². The van der Waals surface area contributed by atoms with Crippen LogP contribution in [0.3, 0.4) is 0 Å². The number of piperidine rings is 1. The Balaban J connectivity index is 1.42. The minimum absolute atomic E-state index is 0.110. The van der Waals surface area contributed by atoms with Gasteiger partial charge >= 0.3 is 0 Å². The first-order valence-electron chi connectivity index (χ1n) is 9.19. The third-order valence-corrected chi connectivity index (χ3v) is 5.86. The van der Waals surface area contributed by atoms with Gasteiger partial charge in [-0.15, -0.1) is 11.8 Å². The van der Waals surface area contributed by atoms with Gasteiger partial charge in [-0.05, 0) is 49.6 Å². The van der Waals surface area contributed by atoms with Crippen LogP contribution in [-0.2, 0) is 11.3 Å². The van der Waals surface area contributed by atoms with Crippen molar-refractivity contribution in [2.24, 2.45) is 0 Å². The van der Waals surface area contributed by atoms with Gasteiger partial charge in [-0.3, -0.25) is 9.69 Å². The number of likely N-dealkylation sites (tertiary alicyclic amines) is 1. The third-order valence-electron chi connectivity index (χ3n) is 4.75. The lowest BCUT2D eigenvalue weighted by molar-refractivity contribution is -0.121. The van der Waals surface area contributed by atoms with Crippen molar-refractivity contribution in [3.8, 4) is 0 Å². The van der Waals surface area contributed by atoms with E-state index in [1.807, 2.05) is 31.2 Å². The highest BCUT2D eigenvalue weighted by molar-refractivity contribution is 8.00. The fourth-order valence-electron chi connectivity index (χ4n) is 3.20. The van der Waals surface area contributed by atoms with Crippen molar-refractivity contribution in [2.45, 2.75) is 42.5 Å². The zero-order chi connectivity index (χ0) is 18.4. The van der Waals surface area contributed by atoms with Crippen molar-refractivity contribution in [3.63, 3.8) is 0 Å². The number of hydrogen-bond acceptors (Lipinski definition) is 4. The second-order valence-electron chi connectivity index (χ2n) is 6.87. The zero-order valence-corrected chi connectivity index (χ0v) is 16.0. The first kappa shape index (κ1) is 18.8. The van der Waals surface area contributed by atoms with Gasteiger partial charge in [0.05, 0.1) is 5.25 Å². The van der Waals surface area contributed by atoms with Gasteiger partial charge in [0.1, 0.15) is 0 Å². The average molecular weight is 370 g/mol. The molecule has 3 N–H and O–H groups in total. The molecular weight excluding hydrogens is 342 g/mol. The molecule has 1 aliphatic rings. The maximum absolute atomic E-state index is 12.5. The zero-order valence-electron chi connectivity index (χ0n) is 15.2. The Hall–Kier alpha value is -1.98. The van der Waals surface area contributed by atoms with Crippen LogP contribution in [0.5, 0.6) is 0 Å². The maximum atomic E-state index is 12.5. The Morgan fingerprint density at radius 2 is 1.81 bits per heavy atom. The van der Waals surface area contributed by atoms with Gasteiger partial charge in [-0.25, -0.2) is 0 Å². The molecule has 1 amide bonds. The second-order valence-corrected chi connectivity index (χ2v) is 8.29. The molecule has 2 aromatic carbocycles. The molecule has 3 rings (SSSR count). The molecule has 5 heteroatoms. The molecule has 1 fully saturated rings. The minimum atomic E-state index is -0.110. The number of benzene rings is 2. The van der Waals surface area contributed by atoms with Crippen LogP contribution in [-0.4, -0.2) is 35.2 Å². The third kappa shape index (κ3) is 5.51. The Morgan fingerprint density at radius 3 is 2.46 bits per heavy atom. The van der Waals surface area contributed by atoms with Gasteiger partial charge in [0.2, 0.25) is 5.91 Å². The molecule has 1 unspecified atom stereocenters. The maximum Gasteiger partial charge on any atom is 0.233 e. The normalized spacial score (nSPS) is 17.0. The summed E-state index contributed by atoms with van der Waals surface area (Å²) in [6.45, 7) is 5.00. The summed E-state index contributed by atoms with van der Waals surface area (Å²) in [7, 11) is 0. The van der Waals surface area contributed by atoms with E-state index in [1.165, 1.54) is 5.56 Å². The average Bonchev–Trinajstić information content (AvgIpc) is 2.66. The summed E-state index contributed by atoms with van der Waals surface area (Å²) in [6.07, 6.45) is 2.02. The van der Waals surface area contributed by atoms with Crippen LogP contribution < -0.4 is 11.1 Å². The molecule has 1 atom stereocenters. The van der Waals surface area contributed by atoms with Crippen LogP contribution in [0.25, 0.3) is 0 Å². The summed E-state index contributed by atoms with van der Waals surface area (Å²) >= 11 is 1.57. The van der Waals surface area contributed by atoms with E-state index >= 15 is 0 Å². The fraction of sp³-hybridized carbons (Fsp3) is 0.381. The summed E-state index contributed by atoms with van der Waals surface area (Å²) in [5.41, 5.74) is 7.80. The molecule has 1 aliphatic heterocycles. The van der Waals surface area contributed by atoms with E-state index < -0.39 is 0 Å². The molecule has 2 aromatic rings. The van der Waals surface area contributed by atoms with E-state index in [2.05, 4.69) is 40.5 Å². The number of nitrogens with zero attached hydrogens (tertiary/aromatic N) is 1. The van der Waals surface area contributed by atoms with Crippen molar-refractivity contribution < 1.29 is 4.79 Å². The summed E-state index contributed by atoms with van der Waals surface area (Å²) in [5, 5.41) is 3.11. The highest BCUT2D eigenvalue weighted by Gasteiger charge is 2.23. The molecule has 0 aliphatic carbocycles. The number of anilines is 1. The van der Waals surface area contributed by atoms with E-state index in [1.54, 1.807) is 11.8 Å². The quantitative estimate of drug-likeness (QED) is 0.604. The van der Waals surface area contributed by atoms with E-state index in [0.29, 0.717) is 0 Å². The van der Waals surface area contributed by atoms with Gasteiger partial charge < -0.3 is 11.1 Å². The number of carbonyl (C=O) groups excluding carboxylic acids is 1. The molecule has 0 saturated carbocycles. The predicted octanol–water partition coefficient (Wildman–Crippen LogP) is 3.53. The summed E-state index contributed by atoms with van der Waals surface area (Å²) in [5.74, 6) is 0.119. The van der Waals surface area contributed by atoms with Crippen molar-refractivity contribution in [2.75, 3.05) is 18.8 Å². The Labute approximate surface area is 160 Å². The number of amides is 1. The lowest BCUT2D eigenvalue weighted by Gasteiger charge is -2.32. The Kier molecular flexibility index (Phi) is 6.58. The van der Waals surface area contributed by atoms with Crippen LogP contribution in [0.2, 0.25) is 0 Å². The smallest absolute Gasteiger partial charge is 0.233 e. The molecule has 26 heavy (non-hydrogen) atoms. The first-order chi connectivity index (χ1) is 12.6. The van der Waals surface area contributed by atoms with E-state index in [4.69, 9.17) is 5.73 Å². The number of nitrogens with one attached hydrogen (secondary N) is 1. The largest absolute Gasteiger partial charge is 0.399 e. The molecular formula is C21H27N3OS. The Bertz CT molecular complexity index is 697. The van der Waals surface area contributed by atoms with Gasteiger partial charge in [0.25, 0.3) is 0 Å². The molecule has 1 saturated heterocycles. The summed E-state index contributed by atoms with van der Waals surface area (Å²) in [6, 6.07) is 18.5. The number of nitrogens with two attached hydrogens (primary N) is 1. The second kappa shape index (κ2) is 9.10.